The van der Waals surface area contributed by atoms with Crippen molar-refractivity contribution in [3.05, 3.63) is 45.6 Å². The summed E-state index contributed by atoms with van der Waals surface area (Å²) in [5, 5.41) is 11.8. The zero-order valence-electron chi connectivity index (χ0n) is 8.31. The molecule has 4 nitrogen and oxygen atoms in total. The Morgan fingerprint density at radius 1 is 1.50 bits per heavy atom. The molecule has 0 atom stereocenters. The van der Waals surface area contributed by atoms with Gasteiger partial charge in [0.05, 0.1) is 17.2 Å². The molecule has 16 heavy (non-hydrogen) atoms. The lowest BCUT2D eigenvalue weighted by Gasteiger charge is -1.93. The molecule has 0 radical (unpaired) electrons. The second-order valence-corrected chi connectivity index (χ2v) is 2.81. The Morgan fingerprint density at radius 2 is 2.31 bits per heavy atom. The van der Waals surface area contributed by atoms with Crippen molar-refractivity contribution in [2.75, 3.05) is 6.54 Å². The minimum absolute atomic E-state index is 0.236. The maximum absolute atomic E-state index is 13.3. The molecule has 0 aromatic heterocycles. The lowest BCUT2D eigenvalue weighted by Crippen LogP contribution is -1.85. The van der Waals surface area contributed by atoms with Crippen LogP contribution in [0, 0.1) is 29.0 Å². The van der Waals surface area contributed by atoms with E-state index >= 15 is 0 Å². The van der Waals surface area contributed by atoms with Gasteiger partial charge in [-0.2, -0.15) is 5.26 Å². The molecular weight excluding hydrogens is 207 g/mol. The summed E-state index contributed by atoms with van der Waals surface area (Å²) in [7, 11) is 0. The molecule has 0 unspecified atom stereocenters. The maximum atomic E-state index is 13.3. The predicted octanol–water partition coefficient (Wildman–Crippen LogP) is 2.75. The summed E-state index contributed by atoms with van der Waals surface area (Å²) >= 11 is 0. The van der Waals surface area contributed by atoms with Crippen LogP contribution in [0.1, 0.15) is 17.5 Å². The van der Waals surface area contributed by atoms with Crippen molar-refractivity contribution in [2.24, 2.45) is 5.11 Å². The second kappa shape index (κ2) is 6.08. The molecule has 0 saturated heterocycles. The van der Waals surface area contributed by atoms with E-state index < -0.39 is 5.82 Å². The van der Waals surface area contributed by atoms with Crippen LogP contribution in [-0.4, -0.2) is 6.54 Å². The fourth-order valence-corrected chi connectivity index (χ4v) is 0.994. The number of nitrogens with zero attached hydrogens (tertiary/aromatic N) is 4. The second-order valence-electron chi connectivity index (χ2n) is 2.81. The van der Waals surface area contributed by atoms with Crippen LogP contribution in [0.3, 0.4) is 0 Å². The van der Waals surface area contributed by atoms with E-state index in [2.05, 4.69) is 21.9 Å². The average molecular weight is 214 g/mol. The molecule has 0 aliphatic rings. The molecule has 1 aromatic rings. The van der Waals surface area contributed by atoms with Crippen LogP contribution in [0.5, 0.6) is 0 Å². The topological polar surface area (TPSA) is 72.5 Å². The van der Waals surface area contributed by atoms with Gasteiger partial charge >= 0.3 is 0 Å². The number of azide groups is 1. The molecule has 0 aliphatic carbocycles. The van der Waals surface area contributed by atoms with Crippen LogP contribution in [-0.2, 0) is 0 Å². The van der Waals surface area contributed by atoms with Gasteiger partial charge in [-0.15, -0.1) is 0 Å². The van der Waals surface area contributed by atoms with Gasteiger partial charge in [0, 0.05) is 17.9 Å². The largest absolute Gasteiger partial charge is 0.206 e. The minimum atomic E-state index is -0.518. The van der Waals surface area contributed by atoms with Gasteiger partial charge in [0.1, 0.15) is 5.82 Å². The van der Waals surface area contributed by atoms with Crippen molar-refractivity contribution in [3.63, 3.8) is 0 Å². The fourth-order valence-electron chi connectivity index (χ4n) is 0.994. The minimum Gasteiger partial charge on any atom is -0.206 e. The van der Waals surface area contributed by atoms with E-state index in [0.29, 0.717) is 6.42 Å². The van der Waals surface area contributed by atoms with Crippen molar-refractivity contribution >= 4 is 0 Å². The van der Waals surface area contributed by atoms with Gasteiger partial charge in [-0.05, 0) is 23.7 Å². The predicted molar refractivity (Wildman–Crippen MR) is 56.6 cm³/mol. The molecule has 0 saturated carbocycles. The smallest absolute Gasteiger partial charge is 0.140 e. The zero-order valence-corrected chi connectivity index (χ0v) is 8.31. The van der Waals surface area contributed by atoms with Gasteiger partial charge < -0.3 is 0 Å². The van der Waals surface area contributed by atoms with Crippen molar-refractivity contribution in [1.82, 2.24) is 0 Å². The molecule has 0 amide bonds. The molecule has 0 fully saturated rings. The van der Waals surface area contributed by atoms with Crippen molar-refractivity contribution in [1.29, 1.82) is 5.26 Å². The highest BCUT2D eigenvalue weighted by Crippen LogP contribution is 2.08. The van der Waals surface area contributed by atoms with Crippen LogP contribution in [0.25, 0.3) is 10.4 Å². The third-order valence-corrected chi connectivity index (χ3v) is 1.72. The third-order valence-electron chi connectivity index (χ3n) is 1.72. The summed E-state index contributed by atoms with van der Waals surface area (Å²) in [5.74, 6) is 4.76. The van der Waals surface area contributed by atoms with Crippen LogP contribution in [0.2, 0.25) is 0 Å². The summed E-state index contributed by atoms with van der Waals surface area (Å²) in [6.07, 6.45) is 0.378. The van der Waals surface area contributed by atoms with E-state index in [-0.39, 0.29) is 17.7 Å². The average Bonchev–Trinajstić information content (AvgIpc) is 2.30. The highest BCUT2D eigenvalue weighted by Gasteiger charge is 1.99. The highest BCUT2D eigenvalue weighted by molar-refractivity contribution is 5.41. The molecule has 1 aromatic carbocycles. The normalized spacial score (nSPS) is 8.25. The summed E-state index contributed by atoms with van der Waals surface area (Å²) in [5.41, 5.74) is 8.50. The molecule has 0 N–H and O–H groups in total. The molecule has 0 heterocycles. The summed E-state index contributed by atoms with van der Waals surface area (Å²) in [4.78, 5) is 2.57. The Bertz CT molecular complexity index is 527. The maximum Gasteiger partial charge on any atom is 0.140 e. The van der Waals surface area contributed by atoms with E-state index in [9.17, 15) is 4.39 Å². The van der Waals surface area contributed by atoms with E-state index in [0.717, 1.165) is 6.07 Å². The number of nitriles is 1. The zero-order chi connectivity index (χ0) is 11.8. The first-order valence-corrected chi connectivity index (χ1v) is 4.47. The number of benzene rings is 1. The number of halogens is 1. The monoisotopic (exact) mass is 214 g/mol. The summed E-state index contributed by atoms with van der Waals surface area (Å²) < 4.78 is 13.3. The molecule has 0 bridgehead atoms. The quantitative estimate of drug-likeness (QED) is 0.245. The SMILES string of the molecule is N#Cc1ccc(C#CCCN=[N+]=[N-])c(F)c1. The Kier molecular flexibility index (Phi) is 4.40. The third kappa shape index (κ3) is 3.34. The first-order chi connectivity index (χ1) is 7.77. The van der Waals surface area contributed by atoms with Gasteiger partial charge in [0.15, 0.2) is 0 Å². The van der Waals surface area contributed by atoms with Gasteiger partial charge in [-0.25, -0.2) is 4.39 Å². The Balaban J connectivity index is 2.74. The first-order valence-electron chi connectivity index (χ1n) is 4.47. The van der Waals surface area contributed by atoms with Gasteiger partial charge in [0.2, 0.25) is 0 Å². The van der Waals surface area contributed by atoms with Gasteiger partial charge in [0.25, 0.3) is 0 Å². The molecular formula is C11H7FN4. The lowest BCUT2D eigenvalue weighted by atomic mass is 10.1. The van der Waals surface area contributed by atoms with Crippen LogP contribution < -0.4 is 0 Å². The van der Waals surface area contributed by atoms with Gasteiger partial charge in [-0.1, -0.05) is 17.0 Å². The van der Waals surface area contributed by atoms with Crippen molar-refractivity contribution in [2.45, 2.75) is 6.42 Å². The lowest BCUT2D eigenvalue weighted by molar-refractivity contribution is 0.624. The van der Waals surface area contributed by atoms with Crippen molar-refractivity contribution < 1.29 is 4.39 Å². The summed E-state index contributed by atoms with van der Waals surface area (Å²) in [6.45, 7) is 0.265. The molecule has 5 heteroatoms. The molecule has 0 spiro atoms. The summed E-state index contributed by atoms with van der Waals surface area (Å²) in [6, 6.07) is 5.93. The van der Waals surface area contributed by atoms with Crippen LogP contribution in [0.15, 0.2) is 23.3 Å². The number of hydrogen-bond acceptors (Lipinski definition) is 2. The van der Waals surface area contributed by atoms with E-state index in [1.807, 2.05) is 6.07 Å². The van der Waals surface area contributed by atoms with Crippen LogP contribution in [0.4, 0.5) is 4.39 Å². The van der Waals surface area contributed by atoms with Gasteiger partial charge in [-0.3, -0.25) is 0 Å². The van der Waals surface area contributed by atoms with Crippen LogP contribution >= 0.6 is 0 Å². The van der Waals surface area contributed by atoms with E-state index in [1.165, 1.54) is 12.1 Å². The molecule has 1 rings (SSSR count). The first kappa shape index (κ1) is 11.6. The highest BCUT2D eigenvalue weighted by atomic mass is 19.1. The van der Waals surface area contributed by atoms with Crippen molar-refractivity contribution in [3.8, 4) is 17.9 Å². The number of rotatable bonds is 2. The number of hydrogen-bond donors (Lipinski definition) is 0. The molecule has 78 valence electrons. The Morgan fingerprint density at radius 3 is 2.94 bits per heavy atom. The Labute approximate surface area is 91.9 Å². The van der Waals surface area contributed by atoms with E-state index in [4.69, 9.17) is 10.8 Å². The fraction of sp³-hybridized carbons (Fsp3) is 0.182. The Hall–Kier alpha value is -2.49. The van der Waals surface area contributed by atoms with E-state index in [1.54, 1.807) is 0 Å². The molecule has 0 aliphatic heterocycles. The standard InChI is InChI=1S/C11H7FN4/c12-11-7-9(8-13)4-5-10(11)3-1-2-6-15-16-14/h4-5,7H,2,6H2.